The van der Waals surface area contributed by atoms with E-state index in [0.29, 0.717) is 11.7 Å². The highest BCUT2D eigenvalue weighted by molar-refractivity contribution is 5.80. The molecule has 3 fully saturated rings. The first kappa shape index (κ1) is 30.6. The minimum atomic E-state index is 0.385. The van der Waals surface area contributed by atoms with E-state index < -0.39 is 0 Å². The third-order valence-corrected chi connectivity index (χ3v) is 6.99. The molecular weight excluding hydrogens is 382 g/mol. The summed E-state index contributed by atoms with van der Waals surface area (Å²) in [5.74, 6) is 2.64. The summed E-state index contributed by atoms with van der Waals surface area (Å²) in [5.41, 5.74) is 0. The van der Waals surface area contributed by atoms with Crippen LogP contribution in [0, 0.1) is 17.8 Å². The zero-order valence-electron chi connectivity index (χ0n) is 22.6. The molecule has 0 radical (unpaired) electrons. The van der Waals surface area contributed by atoms with Crippen molar-refractivity contribution in [1.29, 1.82) is 0 Å². The number of hydrogen-bond donors (Lipinski definition) is 0. The van der Waals surface area contributed by atoms with Gasteiger partial charge in [0.05, 0.1) is 0 Å². The highest BCUT2D eigenvalue weighted by Gasteiger charge is 2.28. The molecule has 3 aliphatic rings. The van der Waals surface area contributed by atoms with Crippen molar-refractivity contribution in [1.82, 2.24) is 14.7 Å². The molecule has 3 rings (SSSR count). The third kappa shape index (κ3) is 11.8. The van der Waals surface area contributed by atoms with Gasteiger partial charge in [-0.2, -0.15) is 0 Å². The monoisotopic (exact) mass is 439 g/mol. The summed E-state index contributed by atoms with van der Waals surface area (Å²) in [5, 5.41) is 0. The number of hydrogen-bond acceptors (Lipinski definition) is 4. The topological polar surface area (TPSA) is 26.8 Å². The maximum Gasteiger partial charge on any atom is 0.135 e. The second-order valence-corrected chi connectivity index (χ2v) is 8.89. The van der Waals surface area contributed by atoms with Crippen LogP contribution in [0.15, 0.2) is 0 Å². The lowest BCUT2D eigenvalue weighted by Gasteiger charge is -2.39. The number of likely N-dealkylation sites (N-methyl/N-ethyl adjacent to an activating group) is 1. The number of carbonyl (C=O) groups excluding carboxylic acids is 1. The van der Waals surface area contributed by atoms with Gasteiger partial charge in [0.25, 0.3) is 0 Å². The molecule has 1 saturated carbocycles. The molecule has 31 heavy (non-hydrogen) atoms. The first-order chi connectivity index (χ1) is 15.1. The molecule has 0 amide bonds. The quantitative estimate of drug-likeness (QED) is 0.522. The van der Waals surface area contributed by atoms with Crippen molar-refractivity contribution < 1.29 is 4.79 Å². The molecule has 2 saturated heterocycles. The second kappa shape index (κ2) is 19.1. The van der Waals surface area contributed by atoms with Crippen LogP contribution < -0.4 is 0 Å². The van der Waals surface area contributed by atoms with Gasteiger partial charge in [-0.15, -0.1) is 0 Å². The van der Waals surface area contributed by atoms with E-state index in [0.717, 1.165) is 31.1 Å². The van der Waals surface area contributed by atoms with Crippen molar-refractivity contribution in [2.45, 2.75) is 93.4 Å². The Morgan fingerprint density at radius 2 is 1.06 bits per heavy atom. The fourth-order valence-electron chi connectivity index (χ4n) is 5.07. The van der Waals surface area contributed by atoms with Gasteiger partial charge in [-0.3, -0.25) is 4.79 Å². The van der Waals surface area contributed by atoms with Crippen LogP contribution >= 0.6 is 0 Å². The number of rotatable bonds is 6. The molecule has 2 heterocycles. The lowest BCUT2D eigenvalue weighted by Crippen LogP contribution is -2.47. The first-order valence-corrected chi connectivity index (χ1v) is 13.8. The molecule has 4 nitrogen and oxygen atoms in total. The van der Waals surface area contributed by atoms with E-state index in [1.54, 1.807) is 0 Å². The Balaban J connectivity index is 0.00000138. The van der Waals surface area contributed by atoms with Gasteiger partial charge in [-0.25, -0.2) is 0 Å². The molecule has 0 aromatic heterocycles. The Bertz CT molecular complexity index is 405. The summed E-state index contributed by atoms with van der Waals surface area (Å²) >= 11 is 0. The number of Topliss-reactive ketones (excluding diaryl/α,β-unsaturated/α-hetero) is 1. The number of piperazine rings is 1. The SMILES string of the molecule is CC.CC.CC.CCC(=O)C1CCC(CN2CCC(CN3CCN(C)CC3)CC2)CC1. The van der Waals surface area contributed by atoms with E-state index in [4.69, 9.17) is 0 Å². The third-order valence-electron chi connectivity index (χ3n) is 6.99. The molecule has 0 bridgehead atoms. The number of ketones is 1. The Morgan fingerprint density at radius 1 is 0.645 bits per heavy atom. The number of nitrogens with zero attached hydrogens (tertiary/aromatic N) is 3. The fraction of sp³-hybridized carbons (Fsp3) is 0.963. The van der Waals surface area contributed by atoms with Crippen LogP contribution in [0.1, 0.15) is 93.4 Å². The summed E-state index contributed by atoms with van der Waals surface area (Å²) in [6, 6.07) is 0. The summed E-state index contributed by atoms with van der Waals surface area (Å²) in [4.78, 5) is 19.7. The standard InChI is InChI=1S/C21H39N3O.3C2H6/c1-3-21(25)20-6-4-18(5-7-20)16-23-10-8-19(9-11-23)17-24-14-12-22(2)13-15-24;3*1-2/h18-20H,3-17H2,1-2H3;3*1-2H3. The molecule has 0 N–H and O–H groups in total. The normalized spacial score (nSPS) is 25.8. The average molecular weight is 440 g/mol. The molecule has 186 valence electrons. The molecular formula is C27H57N3O. The number of carbonyl (C=O) groups is 1. The number of piperidine rings is 1. The Hall–Kier alpha value is -0.450. The van der Waals surface area contributed by atoms with E-state index >= 15 is 0 Å². The van der Waals surface area contributed by atoms with E-state index in [2.05, 4.69) is 21.7 Å². The lowest BCUT2D eigenvalue weighted by atomic mass is 9.79. The zero-order chi connectivity index (χ0) is 23.6. The summed E-state index contributed by atoms with van der Waals surface area (Å²) in [7, 11) is 2.24. The number of likely N-dealkylation sites (tertiary alicyclic amines) is 1. The van der Waals surface area contributed by atoms with Gasteiger partial charge in [-0.05, 0) is 70.5 Å². The largest absolute Gasteiger partial charge is 0.304 e. The van der Waals surface area contributed by atoms with Crippen LogP contribution in [-0.2, 0) is 4.79 Å². The summed E-state index contributed by atoms with van der Waals surface area (Å²) in [6.45, 7) is 24.2. The van der Waals surface area contributed by atoms with Crippen molar-refractivity contribution in [2.24, 2.45) is 17.8 Å². The Kier molecular flexibility index (Phi) is 18.8. The molecule has 0 unspecified atom stereocenters. The van der Waals surface area contributed by atoms with E-state index in [9.17, 15) is 4.79 Å². The van der Waals surface area contributed by atoms with Crippen LogP contribution in [0.2, 0.25) is 0 Å². The van der Waals surface area contributed by atoms with Gasteiger partial charge in [0.2, 0.25) is 0 Å². The molecule has 0 aromatic rings. The lowest BCUT2D eigenvalue weighted by molar-refractivity contribution is -0.123. The van der Waals surface area contributed by atoms with E-state index in [1.807, 2.05) is 48.5 Å². The molecule has 0 spiro atoms. The molecule has 1 aliphatic carbocycles. The molecule has 4 heteroatoms. The minimum absolute atomic E-state index is 0.385. The van der Waals surface area contributed by atoms with Crippen LogP contribution in [0.25, 0.3) is 0 Å². The van der Waals surface area contributed by atoms with Gasteiger partial charge in [0, 0.05) is 51.6 Å². The maximum absolute atomic E-state index is 11.9. The Morgan fingerprint density at radius 3 is 1.52 bits per heavy atom. The fourth-order valence-corrected chi connectivity index (χ4v) is 5.07. The van der Waals surface area contributed by atoms with Crippen molar-refractivity contribution >= 4 is 5.78 Å². The molecule has 0 atom stereocenters. The van der Waals surface area contributed by atoms with Crippen LogP contribution in [0.3, 0.4) is 0 Å². The second-order valence-electron chi connectivity index (χ2n) is 8.89. The first-order valence-electron chi connectivity index (χ1n) is 13.8. The smallest absolute Gasteiger partial charge is 0.135 e. The minimum Gasteiger partial charge on any atom is -0.304 e. The zero-order valence-corrected chi connectivity index (χ0v) is 22.6. The summed E-state index contributed by atoms with van der Waals surface area (Å²) < 4.78 is 0. The van der Waals surface area contributed by atoms with Crippen molar-refractivity contribution in [2.75, 3.05) is 59.4 Å². The highest BCUT2D eigenvalue weighted by atomic mass is 16.1. The molecule has 2 aliphatic heterocycles. The van der Waals surface area contributed by atoms with Crippen molar-refractivity contribution in [3.8, 4) is 0 Å². The molecule has 0 aromatic carbocycles. The predicted molar refractivity (Wildman–Crippen MR) is 138 cm³/mol. The van der Waals surface area contributed by atoms with Crippen molar-refractivity contribution in [3.63, 3.8) is 0 Å². The van der Waals surface area contributed by atoms with Crippen LogP contribution in [0.5, 0.6) is 0 Å². The average Bonchev–Trinajstić information content (AvgIpc) is 2.85. The van der Waals surface area contributed by atoms with Gasteiger partial charge in [0.1, 0.15) is 5.78 Å². The summed E-state index contributed by atoms with van der Waals surface area (Å²) in [6.07, 6.45) is 8.35. The van der Waals surface area contributed by atoms with Gasteiger partial charge in [0.15, 0.2) is 0 Å². The predicted octanol–water partition coefficient (Wildman–Crippen LogP) is 5.81. The van der Waals surface area contributed by atoms with E-state index in [-0.39, 0.29) is 0 Å². The van der Waals surface area contributed by atoms with Crippen LogP contribution in [0.4, 0.5) is 0 Å². The van der Waals surface area contributed by atoms with Crippen molar-refractivity contribution in [3.05, 3.63) is 0 Å². The van der Waals surface area contributed by atoms with Gasteiger partial charge < -0.3 is 14.7 Å². The van der Waals surface area contributed by atoms with Gasteiger partial charge >= 0.3 is 0 Å². The van der Waals surface area contributed by atoms with Crippen LogP contribution in [-0.4, -0.2) is 79.9 Å². The Labute approximate surface area is 196 Å². The van der Waals surface area contributed by atoms with Gasteiger partial charge in [-0.1, -0.05) is 48.5 Å². The van der Waals surface area contributed by atoms with E-state index in [1.165, 1.54) is 78.0 Å². The highest BCUT2D eigenvalue weighted by Crippen LogP contribution is 2.31. The maximum atomic E-state index is 11.9.